The maximum atomic E-state index is 6.37. The molecule has 0 spiro atoms. The molecule has 0 radical (unpaired) electrons. The Kier molecular flexibility index (Phi) is 5.24. The third-order valence-corrected chi connectivity index (χ3v) is 4.11. The molecule has 1 aromatic heterocycles. The van der Waals surface area contributed by atoms with E-state index in [0.29, 0.717) is 0 Å². The van der Waals surface area contributed by atoms with Crippen molar-refractivity contribution >= 4 is 0 Å². The largest absolute Gasteiger partial charge is 0.334 e. The molecule has 1 aliphatic rings. The van der Waals surface area contributed by atoms with Crippen LogP contribution in [-0.2, 0) is 6.54 Å². The Labute approximate surface area is 111 Å². The van der Waals surface area contributed by atoms with Crippen LogP contribution in [0.4, 0.5) is 0 Å². The van der Waals surface area contributed by atoms with Crippen molar-refractivity contribution in [3.8, 4) is 0 Å². The molecular weight excluding hydrogens is 222 g/mol. The third kappa shape index (κ3) is 3.58. The standard InChI is InChI=1S/C15H27N3/c1-2-10-18-11-9-17-15(18)14(16)12-13-7-5-3-4-6-8-13/h9,11,13-14H,2-8,10,12,16H2,1H3. The second-order valence-corrected chi connectivity index (χ2v) is 5.68. The van der Waals surface area contributed by atoms with E-state index in [1.807, 2.05) is 6.20 Å². The number of hydrogen-bond donors (Lipinski definition) is 1. The van der Waals surface area contributed by atoms with Gasteiger partial charge >= 0.3 is 0 Å². The highest BCUT2D eigenvalue weighted by molar-refractivity contribution is 4.99. The van der Waals surface area contributed by atoms with Crippen LogP contribution in [-0.4, -0.2) is 9.55 Å². The number of nitrogens with zero attached hydrogens (tertiary/aromatic N) is 2. The van der Waals surface area contributed by atoms with E-state index in [9.17, 15) is 0 Å². The molecule has 0 saturated heterocycles. The topological polar surface area (TPSA) is 43.8 Å². The Morgan fingerprint density at radius 3 is 2.72 bits per heavy atom. The van der Waals surface area contributed by atoms with Crippen LogP contribution in [0.2, 0.25) is 0 Å². The van der Waals surface area contributed by atoms with E-state index in [4.69, 9.17) is 5.73 Å². The van der Waals surface area contributed by atoms with Gasteiger partial charge in [0.05, 0.1) is 6.04 Å². The highest BCUT2D eigenvalue weighted by Gasteiger charge is 2.19. The van der Waals surface area contributed by atoms with Crippen molar-refractivity contribution in [3.63, 3.8) is 0 Å². The molecule has 0 aromatic carbocycles. The van der Waals surface area contributed by atoms with Crippen LogP contribution in [0.25, 0.3) is 0 Å². The van der Waals surface area contributed by atoms with Gasteiger partial charge in [0, 0.05) is 18.9 Å². The van der Waals surface area contributed by atoms with Gasteiger partial charge in [-0.1, -0.05) is 45.4 Å². The Hall–Kier alpha value is -0.830. The van der Waals surface area contributed by atoms with Crippen LogP contribution >= 0.6 is 0 Å². The maximum Gasteiger partial charge on any atom is 0.125 e. The van der Waals surface area contributed by atoms with Gasteiger partial charge in [0.25, 0.3) is 0 Å². The van der Waals surface area contributed by atoms with Gasteiger partial charge in [-0.15, -0.1) is 0 Å². The van der Waals surface area contributed by atoms with Gasteiger partial charge in [0.2, 0.25) is 0 Å². The summed E-state index contributed by atoms with van der Waals surface area (Å²) in [5.41, 5.74) is 6.37. The van der Waals surface area contributed by atoms with Crippen molar-refractivity contribution in [2.45, 2.75) is 70.9 Å². The van der Waals surface area contributed by atoms with Crippen molar-refractivity contribution in [2.24, 2.45) is 11.7 Å². The Bertz CT molecular complexity index is 337. The van der Waals surface area contributed by atoms with Crippen molar-refractivity contribution in [1.29, 1.82) is 0 Å². The number of nitrogens with two attached hydrogens (primary N) is 1. The lowest BCUT2D eigenvalue weighted by Gasteiger charge is -2.19. The molecule has 0 bridgehead atoms. The van der Waals surface area contributed by atoms with Crippen molar-refractivity contribution in [2.75, 3.05) is 0 Å². The number of imidazole rings is 1. The van der Waals surface area contributed by atoms with Gasteiger partial charge in [-0.05, 0) is 18.8 Å². The van der Waals surface area contributed by atoms with E-state index in [-0.39, 0.29) is 6.04 Å². The maximum absolute atomic E-state index is 6.37. The van der Waals surface area contributed by atoms with Gasteiger partial charge in [-0.2, -0.15) is 0 Å². The minimum atomic E-state index is 0.120. The average Bonchev–Trinajstić information content (AvgIpc) is 2.67. The first-order valence-electron chi connectivity index (χ1n) is 7.58. The molecule has 1 saturated carbocycles. The lowest BCUT2D eigenvalue weighted by atomic mass is 9.92. The summed E-state index contributed by atoms with van der Waals surface area (Å²) in [6.45, 7) is 3.23. The summed E-state index contributed by atoms with van der Waals surface area (Å²) in [4.78, 5) is 4.46. The van der Waals surface area contributed by atoms with Gasteiger partial charge in [-0.3, -0.25) is 0 Å². The Balaban J connectivity index is 1.93. The zero-order chi connectivity index (χ0) is 12.8. The van der Waals surface area contributed by atoms with Crippen molar-refractivity contribution in [1.82, 2.24) is 9.55 Å². The molecule has 3 nitrogen and oxygen atoms in total. The molecule has 1 unspecified atom stereocenters. The molecular formula is C15H27N3. The Morgan fingerprint density at radius 2 is 2.06 bits per heavy atom. The lowest BCUT2D eigenvalue weighted by Crippen LogP contribution is -2.20. The minimum Gasteiger partial charge on any atom is -0.334 e. The molecule has 1 aromatic rings. The summed E-state index contributed by atoms with van der Waals surface area (Å²) in [6, 6.07) is 0.120. The fraction of sp³-hybridized carbons (Fsp3) is 0.800. The van der Waals surface area contributed by atoms with Crippen LogP contribution in [0.5, 0.6) is 0 Å². The van der Waals surface area contributed by atoms with E-state index in [0.717, 1.165) is 31.1 Å². The van der Waals surface area contributed by atoms with Crippen LogP contribution in [0.3, 0.4) is 0 Å². The first-order valence-corrected chi connectivity index (χ1v) is 7.58. The van der Waals surface area contributed by atoms with Crippen molar-refractivity contribution in [3.05, 3.63) is 18.2 Å². The molecule has 1 heterocycles. The van der Waals surface area contributed by atoms with Crippen LogP contribution in [0, 0.1) is 5.92 Å². The summed E-state index contributed by atoms with van der Waals surface area (Å²) in [5.74, 6) is 1.90. The molecule has 2 rings (SSSR count). The zero-order valence-corrected chi connectivity index (χ0v) is 11.6. The van der Waals surface area contributed by atoms with Gasteiger partial charge in [-0.25, -0.2) is 4.98 Å². The first kappa shape index (κ1) is 13.6. The summed E-state index contributed by atoms with van der Waals surface area (Å²) >= 11 is 0. The summed E-state index contributed by atoms with van der Waals surface area (Å²) in [6.07, 6.45) is 14.5. The van der Waals surface area contributed by atoms with Crippen LogP contribution < -0.4 is 5.73 Å². The second-order valence-electron chi connectivity index (χ2n) is 5.68. The molecule has 18 heavy (non-hydrogen) atoms. The number of hydrogen-bond acceptors (Lipinski definition) is 2. The molecule has 2 N–H and O–H groups in total. The SMILES string of the molecule is CCCn1ccnc1C(N)CC1CCCCCC1. The number of aryl methyl sites for hydroxylation is 1. The summed E-state index contributed by atoms with van der Waals surface area (Å²) in [7, 11) is 0. The van der Waals surface area contributed by atoms with Gasteiger partial charge in [0.1, 0.15) is 5.82 Å². The van der Waals surface area contributed by atoms with E-state index >= 15 is 0 Å². The molecule has 0 amide bonds. The normalized spacial score (nSPS) is 19.7. The fourth-order valence-corrected chi connectivity index (χ4v) is 3.14. The number of rotatable bonds is 5. The summed E-state index contributed by atoms with van der Waals surface area (Å²) in [5, 5.41) is 0. The minimum absolute atomic E-state index is 0.120. The molecule has 102 valence electrons. The quantitative estimate of drug-likeness (QED) is 0.809. The molecule has 1 fully saturated rings. The smallest absolute Gasteiger partial charge is 0.125 e. The highest BCUT2D eigenvalue weighted by atomic mass is 15.1. The van der Waals surface area contributed by atoms with E-state index in [1.54, 1.807) is 0 Å². The van der Waals surface area contributed by atoms with E-state index in [2.05, 4.69) is 22.7 Å². The highest BCUT2D eigenvalue weighted by Crippen LogP contribution is 2.29. The first-order chi connectivity index (χ1) is 8.81. The van der Waals surface area contributed by atoms with Crippen molar-refractivity contribution < 1.29 is 0 Å². The summed E-state index contributed by atoms with van der Waals surface area (Å²) < 4.78 is 2.22. The molecule has 1 aliphatic carbocycles. The second kappa shape index (κ2) is 6.93. The fourth-order valence-electron chi connectivity index (χ4n) is 3.14. The molecule has 3 heteroatoms. The van der Waals surface area contributed by atoms with Crippen LogP contribution in [0.1, 0.15) is 70.2 Å². The number of aromatic nitrogens is 2. The Morgan fingerprint density at radius 1 is 1.33 bits per heavy atom. The van der Waals surface area contributed by atoms with Gasteiger partial charge in [0.15, 0.2) is 0 Å². The lowest BCUT2D eigenvalue weighted by molar-refractivity contribution is 0.379. The average molecular weight is 249 g/mol. The third-order valence-electron chi connectivity index (χ3n) is 4.11. The van der Waals surface area contributed by atoms with E-state index < -0.39 is 0 Å². The predicted octanol–water partition coefficient (Wildman–Crippen LogP) is 3.65. The molecule has 0 aliphatic heterocycles. The molecule has 1 atom stereocenters. The van der Waals surface area contributed by atoms with E-state index in [1.165, 1.54) is 38.5 Å². The predicted molar refractivity (Wildman–Crippen MR) is 75.3 cm³/mol. The monoisotopic (exact) mass is 249 g/mol. The zero-order valence-electron chi connectivity index (χ0n) is 11.6. The van der Waals surface area contributed by atoms with Crippen LogP contribution in [0.15, 0.2) is 12.4 Å². The van der Waals surface area contributed by atoms with Gasteiger partial charge < -0.3 is 10.3 Å².